The highest BCUT2D eigenvalue weighted by atomic mass is 16.5. The van der Waals surface area contributed by atoms with E-state index >= 15 is 0 Å². The van der Waals surface area contributed by atoms with Gasteiger partial charge in [-0.25, -0.2) is 0 Å². The number of carbonyl (C=O) groups is 2. The van der Waals surface area contributed by atoms with E-state index in [9.17, 15) is 14.7 Å². The summed E-state index contributed by atoms with van der Waals surface area (Å²) in [7, 11) is 0. The maximum absolute atomic E-state index is 11.7. The zero-order valence-electron chi connectivity index (χ0n) is 11.0. The molecule has 1 aromatic carbocycles. The summed E-state index contributed by atoms with van der Waals surface area (Å²) in [6.45, 7) is 1.84. The molecule has 19 heavy (non-hydrogen) atoms. The number of aliphatic hydroxyl groups is 1. The van der Waals surface area contributed by atoms with Crippen LogP contribution in [0.15, 0.2) is 30.3 Å². The van der Waals surface area contributed by atoms with Crippen LogP contribution in [0.1, 0.15) is 31.4 Å². The van der Waals surface area contributed by atoms with E-state index in [2.05, 4.69) is 5.32 Å². The third kappa shape index (κ3) is 5.52. The normalized spacial score (nSPS) is 11.7. The minimum Gasteiger partial charge on any atom is -0.466 e. The van der Waals surface area contributed by atoms with Gasteiger partial charge >= 0.3 is 5.97 Å². The van der Waals surface area contributed by atoms with E-state index in [1.54, 1.807) is 6.92 Å². The first-order valence-corrected chi connectivity index (χ1v) is 6.28. The number of aliphatic hydroxyl groups excluding tert-OH is 1. The van der Waals surface area contributed by atoms with Crippen molar-refractivity contribution in [2.45, 2.75) is 25.8 Å². The molecule has 0 aromatic heterocycles. The predicted molar refractivity (Wildman–Crippen MR) is 70.3 cm³/mol. The van der Waals surface area contributed by atoms with Crippen molar-refractivity contribution in [3.63, 3.8) is 0 Å². The Hall–Kier alpha value is -1.88. The van der Waals surface area contributed by atoms with Gasteiger partial charge in [-0.2, -0.15) is 0 Å². The van der Waals surface area contributed by atoms with Crippen LogP contribution >= 0.6 is 0 Å². The summed E-state index contributed by atoms with van der Waals surface area (Å²) in [6.07, 6.45) is 0.106. The van der Waals surface area contributed by atoms with Gasteiger partial charge in [-0.05, 0) is 12.5 Å². The van der Waals surface area contributed by atoms with Crippen LogP contribution in [0.3, 0.4) is 0 Å². The molecule has 0 radical (unpaired) electrons. The van der Waals surface area contributed by atoms with Crippen molar-refractivity contribution in [3.05, 3.63) is 35.9 Å². The Morgan fingerprint density at radius 3 is 2.53 bits per heavy atom. The fourth-order valence-corrected chi connectivity index (χ4v) is 1.63. The Bertz CT molecular complexity index is 405. The first kappa shape index (κ1) is 15.2. The molecule has 1 atom stereocenters. The molecular weight excluding hydrogens is 246 g/mol. The SMILES string of the molecule is CCOC(=O)CCC(=O)N[C@@H](CO)c1ccccc1. The molecule has 1 rings (SSSR count). The number of nitrogens with one attached hydrogen (secondary N) is 1. The Morgan fingerprint density at radius 1 is 1.26 bits per heavy atom. The molecule has 0 bridgehead atoms. The van der Waals surface area contributed by atoms with E-state index in [4.69, 9.17) is 4.74 Å². The molecule has 1 aromatic rings. The highest BCUT2D eigenvalue weighted by Gasteiger charge is 2.14. The molecule has 0 aliphatic carbocycles. The van der Waals surface area contributed by atoms with E-state index in [-0.39, 0.29) is 25.4 Å². The lowest BCUT2D eigenvalue weighted by Crippen LogP contribution is -2.31. The van der Waals surface area contributed by atoms with Crippen molar-refractivity contribution in [3.8, 4) is 0 Å². The van der Waals surface area contributed by atoms with Gasteiger partial charge in [0, 0.05) is 6.42 Å². The number of hydrogen-bond acceptors (Lipinski definition) is 4. The largest absolute Gasteiger partial charge is 0.466 e. The topological polar surface area (TPSA) is 75.6 Å². The summed E-state index contributed by atoms with van der Waals surface area (Å²) in [5.41, 5.74) is 0.828. The van der Waals surface area contributed by atoms with Crippen molar-refractivity contribution in [1.29, 1.82) is 0 Å². The molecule has 0 unspecified atom stereocenters. The fraction of sp³-hybridized carbons (Fsp3) is 0.429. The number of esters is 1. The van der Waals surface area contributed by atoms with Gasteiger partial charge < -0.3 is 15.2 Å². The first-order valence-electron chi connectivity index (χ1n) is 6.28. The average Bonchev–Trinajstić information content (AvgIpc) is 2.44. The average molecular weight is 265 g/mol. The van der Waals surface area contributed by atoms with Gasteiger partial charge in [-0.15, -0.1) is 0 Å². The second-order valence-electron chi connectivity index (χ2n) is 4.02. The highest BCUT2D eigenvalue weighted by Crippen LogP contribution is 2.11. The van der Waals surface area contributed by atoms with Crippen molar-refractivity contribution in [2.75, 3.05) is 13.2 Å². The van der Waals surface area contributed by atoms with Gasteiger partial charge in [0.05, 0.1) is 25.7 Å². The van der Waals surface area contributed by atoms with Crippen molar-refractivity contribution < 1.29 is 19.4 Å². The Balaban J connectivity index is 2.44. The van der Waals surface area contributed by atoms with E-state index in [1.165, 1.54) is 0 Å². The molecule has 0 spiro atoms. The van der Waals surface area contributed by atoms with Gasteiger partial charge in [0.1, 0.15) is 0 Å². The molecule has 104 valence electrons. The summed E-state index contributed by atoms with van der Waals surface area (Å²) in [4.78, 5) is 22.8. The molecule has 5 nitrogen and oxygen atoms in total. The Morgan fingerprint density at radius 2 is 1.95 bits per heavy atom. The molecule has 0 fully saturated rings. The van der Waals surface area contributed by atoms with Crippen LogP contribution in [-0.4, -0.2) is 30.2 Å². The molecule has 1 amide bonds. The van der Waals surface area contributed by atoms with E-state index < -0.39 is 12.0 Å². The van der Waals surface area contributed by atoms with Crippen molar-refractivity contribution in [1.82, 2.24) is 5.32 Å². The number of carbonyl (C=O) groups excluding carboxylic acids is 2. The summed E-state index contributed by atoms with van der Waals surface area (Å²) >= 11 is 0. The maximum Gasteiger partial charge on any atom is 0.306 e. The van der Waals surface area contributed by atoms with Crippen LogP contribution in [0.2, 0.25) is 0 Å². The monoisotopic (exact) mass is 265 g/mol. The molecular formula is C14H19NO4. The van der Waals surface area contributed by atoms with Crippen LogP contribution in [0.4, 0.5) is 0 Å². The molecule has 2 N–H and O–H groups in total. The predicted octanol–water partition coefficient (Wildman–Crippen LogP) is 1.18. The molecule has 5 heteroatoms. The molecule has 0 heterocycles. The lowest BCUT2D eigenvalue weighted by atomic mass is 10.1. The second-order valence-corrected chi connectivity index (χ2v) is 4.02. The number of rotatable bonds is 7. The minimum absolute atomic E-state index is 0.0482. The third-order valence-electron chi connectivity index (χ3n) is 2.58. The lowest BCUT2D eigenvalue weighted by molar-refractivity contribution is -0.144. The van der Waals surface area contributed by atoms with Gasteiger partial charge in [-0.1, -0.05) is 30.3 Å². The van der Waals surface area contributed by atoms with Crippen LogP contribution in [0.25, 0.3) is 0 Å². The Kier molecular flexibility index (Phi) is 6.60. The Labute approximate surface area is 112 Å². The minimum atomic E-state index is -0.448. The standard InChI is InChI=1S/C14H19NO4/c1-2-19-14(18)9-8-13(17)15-12(10-16)11-6-4-3-5-7-11/h3-7,12,16H,2,8-10H2,1H3,(H,15,17)/t12-/m0/s1. The summed E-state index contributed by atoms with van der Waals surface area (Å²) in [5, 5.41) is 12.0. The van der Waals surface area contributed by atoms with Crippen LogP contribution in [0.5, 0.6) is 0 Å². The van der Waals surface area contributed by atoms with Crippen LogP contribution in [0, 0.1) is 0 Å². The summed E-state index contributed by atoms with van der Waals surface area (Å²) < 4.78 is 4.74. The molecule has 0 aliphatic rings. The quantitative estimate of drug-likeness (QED) is 0.726. The van der Waals surface area contributed by atoms with Gasteiger partial charge in [0.15, 0.2) is 0 Å². The van der Waals surface area contributed by atoms with E-state index in [1.807, 2.05) is 30.3 Å². The first-order chi connectivity index (χ1) is 9.17. The number of amides is 1. The van der Waals surface area contributed by atoms with E-state index in [0.29, 0.717) is 6.61 Å². The van der Waals surface area contributed by atoms with Crippen LogP contribution < -0.4 is 5.32 Å². The fourth-order valence-electron chi connectivity index (χ4n) is 1.63. The van der Waals surface area contributed by atoms with E-state index in [0.717, 1.165) is 5.56 Å². The highest BCUT2D eigenvalue weighted by molar-refractivity contribution is 5.81. The van der Waals surface area contributed by atoms with Crippen molar-refractivity contribution in [2.24, 2.45) is 0 Å². The third-order valence-corrected chi connectivity index (χ3v) is 2.58. The second kappa shape index (κ2) is 8.26. The maximum atomic E-state index is 11.7. The van der Waals surface area contributed by atoms with Gasteiger partial charge in [0.2, 0.25) is 5.91 Å². The summed E-state index contributed by atoms with van der Waals surface area (Å²) in [6, 6.07) is 8.74. The van der Waals surface area contributed by atoms with Gasteiger partial charge in [0.25, 0.3) is 0 Å². The van der Waals surface area contributed by atoms with Crippen LogP contribution in [-0.2, 0) is 14.3 Å². The molecule has 0 aliphatic heterocycles. The zero-order chi connectivity index (χ0) is 14.1. The zero-order valence-corrected chi connectivity index (χ0v) is 11.0. The smallest absolute Gasteiger partial charge is 0.306 e. The van der Waals surface area contributed by atoms with Gasteiger partial charge in [-0.3, -0.25) is 9.59 Å². The number of hydrogen-bond donors (Lipinski definition) is 2. The molecule has 0 saturated heterocycles. The molecule has 0 saturated carbocycles. The number of ether oxygens (including phenoxy) is 1. The number of benzene rings is 1. The lowest BCUT2D eigenvalue weighted by Gasteiger charge is -2.16. The summed E-state index contributed by atoms with van der Waals surface area (Å²) in [5.74, 6) is -0.672. The van der Waals surface area contributed by atoms with Crippen molar-refractivity contribution >= 4 is 11.9 Å².